The minimum atomic E-state index is -0.330. The molecule has 2 aromatic heterocycles. The molecular formula is C25H27ClN4O3S. The van der Waals surface area contributed by atoms with Crippen LogP contribution in [0.3, 0.4) is 0 Å². The Kier molecular flexibility index (Phi) is 7.09. The molecule has 0 saturated carbocycles. The molecule has 178 valence electrons. The van der Waals surface area contributed by atoms with Crippen LogP contribution < -0.4 is 10.1 Å². The van der Waals surface area contributed by atoms with Crippen molar-refractivity contribution in [3.8, 4) is 11.4 Å². The van der Waals surface area contributed by atoms with E-state index in [-0.39, 0.29) is 24.6 Å². The number of hydrogen-bond acceptors (Lipinski definition) is 5. The lowest BCUT2D eigenvalue weighted by atomic mass is 9.97. The Morgan fingerprint density at radius 2 is 2.03 bits per heavy atom. The van der Waals surface area contributed by atoms with Gasteiger partial charge in [-0.3, -0.25) is 9.78 Å². The van der Waals surface area contributed by atoms with Gasteiger partial charge in [0.25, 0.3) is 0 Å². The van der Waals surface area contributed by atoms with Crippen molar-refractivity contribution in [2.24, 2.45) is 0 Å². The first-order valence-electron chi connectivity index (χ1n) is 11.0. The van der Waals surface area contributed by atoms with Crippen molar-refractivity contribution >= 4 is 34.9 Å². The van der Waals surface area contributed by atoms with E-state index in [2.05, 4.69) is 20.9 Å². The number of aryl methyl sites for hydroxylation is 1. The summed E-state index contributed by atoms with van der Waals surface area (Å²) in [6, 6.07) is 12.9. The van der Waals surface area contributed by atoms with E-state index in [1.54, 1.807) is 26.3 Å². The van der Waals surface area contributed by atoms with E-state index in [9.17, 15) is 4.79 Å². The fraction of sp³-hybridized carbons (Fsp3) is 0.320. The van der Waals surface area contributed by atoms with Gasteiger partial charge < -0.3 is 24.3 Å². The van der Waals surface area contributed by atoms with E-state index in [1.807, 2.05) is 49.1 Å². The average molecular weight is 499 g/mol. The Bertz CT molecular complexity index is 1210. The lowest BCUT2D eigenvalue weighted by Gasteiger charge is -2.27. The van der Waals surface area contributed by atoms with Crippen LogP contribution in [0.5, 0.6) is 5.75 Å². The van der Waals surface area contributed by atoms with Crippen molar-refractivity contribution in [3.63, 3.8) is 0 Å². The third-order valence-corrected chi connectivity index (χ3v) is 6.56. The molecule has 0 radical (unpaired) electrons. The van der Waals surface area contributed by atoms with E-state index in [4.69, 9.17) is 33.3 Å². The van der Waals surface area contributed by atoms with E-state index >= 15 is 0 Å². The molecule has 1 aliphatic rings. The third-order valence-electron chi connectivity index (χ3n) is 5.97. The molecule has 9 heteroatoms. The SMILES string of the molecule is CCOC(=O)CN1C(=S)N[C@H](c2ccccn2)[C@@H]1c1cc(C)n(-c2cc(Cl)ccc2OC)c1C. The lowest BCUT2D eigenvalue weighted by molar-refractivity contribution is -0.143. The van der Waals surface area contributed by atoms with Crippen LogP contribution >= 0.6 is 23.8 Å². The number of rotatable bonds is 7. The molecule has 1 N–H and O–H groups in total. The van der Waals surface area contributed by atoms with Crippen LogP contribution in [0.1, 0.15) is 41.7 Å². The number of carbonyl (C=O) groups is 1. The van der Waals surface area contributed by atoms with Crippen LogP contribution in [-0.2, 0) is 9.53 Å². The smallest absolute Gasteiger partial charge is 0.325 e. The molecule has 1 aromatic carbocycles. The number of methoxy groups -OCH3 is 1. The highest BCUT2D eigenvalue weighted by Gasteiger charge is 2.42. The first kappa shape index (κ1) is 24.0. The fourth-order valence-corrected chi connectivity index (χ4v) is 5.03. The third kappa shape index (κ3) is 4.48. The number of pyridine rings is 1. The van der Waals surface area contributed by atoms with Gasteiger partial charge in [-0.15, -0.1) is 0 Å². The first-order chi connectivity index (χ1) is 16.3. The number of benzene rings is 1. The summed E-state index contributed by atoms with van der Waals surface area (Å²) in [4.78, 5) is 18.9. The van der Waals surface area contributed by atoms with Gasteiger partial charge in [-0.25, -0.2) is 0 Å². The maximum atomic E-state index is 12.5. The highest BCUT2D eigenvalue weighted by Crippen LogP contribution is 2.42. The highest BCUT2D eigenvalue weighted by atomic mass is 35.5. The summed E-state index contributed by atoms with van der Waals surface area (Å²) in [6.45, 7) is 6.21. The van der Waals surface area contributed by atoms with E-state index in [0.717, 1.165) is 28.3 Å². The summed E-state index contributed by atoms with van der Waals surface area (Å²) in [5, 5.41) is 4.48. The highest BCUT2D eigenvalue weighted by molar-refractivity contribution is 7.80. The first-order valence-corrected chi connectivity index (χ1v) is 11.8. The second-order valence-corrected chi connectivity index (χ2v) is 8.86. The summed E-state index contributed by atoms with van der Waals surface area (Å²) in [5.74, 6) is 0.381. The summed E-state index contributed by atoms with van der Waals surface area (Å²) in [7, 11) is 1.64. The molecule has 0 aliphatic carbocycles. The minimum absolute atomic E-state index is 0.0395. The molecule has 0 bridgehead atoms. The molecule has 34 heavy (non-hydrogen) atoms. The molecule has 2 atom stereocenters. The summed E-state index contributed by atoms with van der Waals surface area (Å²) >= 11 is 12.0. The molecule has 0 unspecified atom stereocenters. The second-order valence-electron chi connectivity index (χ2n) is 8.04. The quantitative estimate of drug-likeness (QED) is 0.374. The average Bonchev–Trinajstić information content (AvgIpc) is 3.29. The monoisotopic (exact) mass is 498 g/mol. The van der Waals surface area contributed by atoms with Crippen LogP contribution in [-0.4, -0.2) is 45.8 Å². The van der Waals surface area contributed by atoms with Gasteiger partial charge in [-0.05, 0) is 75.0 Å². The summed E-state index contributed by atoms with van der Waals surface area (Å²) in [5.41, 5.74) is 4.69. The van der Waals surface area contributed by atoms with Crippen LogP contribution in [0.2, 0.25) is 5.02 Å². The van der Waals surface area contributed by atoms with Gasteiger partial charge in [0.15, 0.2) is 5.11 Å². The number of nitrogens with zero attached hydrogens (tertiary/aromatic N) is 3. The summed E-state index contributed by atoms with van der Waals surface area (Å²) in [6.07, 6.45) is 1.76. The number of hydrogen-bond donors (Lipinski definition) is 1. The molecule has 7 nitrogen and oxygen atoms in total. The van der Waals surface area contributed by atoms with Crippen molar-refractivity contribution in [3.05, 3.63) is 76.3 Å². The van der Waals surface area contributed by atoms with Gasteiger partial charge in [-0.2, -0.15) is 0 Å². The van der Waals surface area contributed by atoms with E-state index in [0.29, 0.717) is 22.5 Å². The molecule has 4 rings (SSSR count). The topological polar surface area (TPSA) is 68.6 Å². The van der Waals surface area contributed by atoms with Gasteiger partial charge in [0.1, 0.15) is 12.3 Å². The van der Waals surface area contributed by atoms with Gasteiger partial charge in [-0.1, -0.05) is 17.7 Å². The normalized spacial score (nSPS) is 17.6. The second kappa shape index (κ2) is 10.0. The molecule has 0 amide bonds. The maximum absolute atomic E-state index is 12.5. The predicted molar refractivity (Wildman–Crippen MR) is 136 cm³/mol. The molecule has 1 fully saturated rings. The number of halogens is 1. The maximum Gasteiger partial charge on any atom is 0.325 e. The zero-order valence-electron chi connectivity index (χ0n) is 19.5. The fourth-order valence-electron chi connectivity index (χ4n) is 4.56. The van der Waals surface area contributed by atoms with Crippen LogP contribution in [0.4, 0.5) is 0 Å². The van der Waals surface area contributed by atoms with E-state index < -0.39 is 0 Å². The Morgan fingerprint density at radius 3 is 2.71 bits per heavy atom. The van der Waals surface area contributed by atoms with Gasteiger partial charge in [0, 0.05) is 22.6 Å². The van der Waals surface area contributed by atoms with Crippen molar-refractivity contribution in [1.82, 2.24) is 19.8 Å². The molecule has 3 aromatic rings. The van der Waals surface area contributed by atoms with Crippen LogP contribution in [0.25, 0.3) is 5.69 Å². The van der Waals surface area contributed by atoms with Gasteiger partial charge in [0.2, 0.25) is 0 Å². The zero-order valence-corrected chi connectivity index (χ0v) is 21.1. The molecule has 1 aliphatic heterocycles. The van der Waals surface area contributed by atoms with Gasteiger partial charge >= 0.3 is 5.97 Å². The van der Waals surface area contributed by atoms with Crippen molar-refractivity contribution in [1.29, 1.82) is 0 Å². The van der Waals surface area contributed by atoms with Crippen LogP contribution in [0, 0.1) is 13.8 Å². The number of ether oxygens (including phenoxy) is 2. The van der Waals surface area contributed by atoms with Gasteiger partial charge in [0.05, 0.1) is 37.2 Å². The Balaban J connectivity index is 1.85. The minimum Gasteiger partial charge on any atom is -0.495 e. The van der Waals surface area contributed by atoms with Crippen molar-refractivity contribution < 1.29 is 14.3 Å². The molecule has 1 saturated heterocycles. The molecule has 3 heterocycles. The number of carbonyl (C=O) groups excluding carboxylic acids is 1. The number of thiocarbonyl (C=S) groups is 1. The number of esters is 1. The molecular weight excluding hydrogens is 472 g/mol. The predicted octanol–water partition coefficient (Wildman–Crippen LogP) is 4.69. The largest absolute Gasteiger partial charge is 0.495 e. The van der Waals surface area contributed by atoms with Crippen molar-refractivity contribution in [2.45, 2.75) is 32.9 Å². The summed E-state index contributed by atoms with van der Waals surface area (Å²) < 4.78 is 13.0. The number of aromatic nitrogens is 2. The zero-order chi connectivity index (χ0) is 24.4. The Morgan fingerprint density at radius 1 is 1.24 bits per heavy atom. The van der Waals surface area contributed by atoms with E-state index in [1.165, 1.54) is 0 Å². The Labute approximate surface area is 209 Å². The van der Waals surface area contributed by atoms with Crippen molar-refractivity contribution in [2.75, 3.05) is 20.3 Å². The lowest BCUT2D eigenvalue weighted by Crippen LogP contribution is -2.35. The number of nitrogens with one attached hydrogen (secondary N) is 1. The van der Waals surface area contributed by atoms with Crippen LogP contribution in [0.15, 0.2) is 48.7 Å². The molecule has 0 spiro atoms. The standard InChI is InChI=1S/C25H27ClN4O3S/c1-5-33-22(31)14-29-24(23(28-25(29)34)19-8-6-7-11-27-19)18-12-15(2)30(16(18)3)20-13-17(26)9-10-21(20)32-4/h6-13,23-24H,5,14H2,1-4H3,(H,28,34)/t23-,24+/m1/s1. The Hall–Kier alpha value is -3.10.